The molecular weight excluding hydrogens is 268 g/mol. The lowest BCUT2D eigenvalue weighted by Crippen LogP contribution is -2.10. The van der Waals surface area contributed by atoms with Crippen LogP contribution in [0.2, 0.25) is 0 Å². The number of benzene rings is 2. The highest BCUT2D eigenvalue weighted by molar-refractivity contribution is 5.51. The smallest absolute Gasteiger partial charge is 0.311 e. The summed E-state index contributed by atoms with van der Waals surface area (Å²) in [6.45, 7) is 3.79. The molecule has 0 amide bonds. The summed E-state index contributed by atoms with van der Waals surface area (Å²) in [4.78, 5) is 10.7. The van der Waals surface area contributed by atoms with Gasteiger partial charge in [-0.3, -0.25) is 10.1 Å². The molecule has 2 N–H and O–H groups in total. The lowest BCUT2D eigenvalue weighted by Gasteiger charge is -2.15. The minimum absolute atomic E-state index is 0.0464. The Morgan fingerprint density at radius 3 is 2.62 bits per heavy atom. The molecule has 110 valence electrons. The van der Waals surface area contributed by atoms with Crippen LogP contribution >= 0.6 is 0 Å². The van der Waals surface area contributed by atoms with Crippen molar-refractivity contribution >= 4 is 5.69 Å². The van der Waals surface area contributed by atoms with E-state index in [0.29, 0.717) is 5.75 Å². The Hall–Kier alpha value is -2.40. The molecule has 5 nitrogen and oxygen atoms in total. The normalized spacial score (nSPS) is 12.0. The van der Waals surface area contributed by atoms with Crippen LogP contribution in [0.5, 0.6) is 11.5 Å². The summed E-state index contributed by atoms with van der Waals surface area (Å²) >= 11 is 0. The average molecular weight is 286 g/mol. The standard InChI is InChI=1S/C16H18N2O3/c1-3-13(17)12-6-4-5-7-15(12)21-16-9-8-11(2)10-14(16)18(19)20/h4-10,13H,3,17H2,1-2H3. The molecule has 0 bridgehead atoms. The zero-order chi connectivity index (χ0) is 15.4. The highest BCUT2D eigenvalue weighted by atomic mass is 16.6. The Morgan fingerprint density at radius 2 is 1.95 bits per heavy atom. The molecule has 2 aromatic rings. The van der Waals surface area contributed by atoms with Crippen LogP contribution in [0.3, 0.4) is 0 Å². The van der Waals surface area contributed by atoms with E-state index < -0.39 is 4.92 Å². The van der Waals surface area contributed by atoms with Crippen molar-refractivity contribution in [3.05, 3.63) is 63.7 Å². The lowest BCUT2D eigenvalue weighted by atomic mass is 10.0. The summed E-state index contributed by atoms with van der Waals surface area (Å²) in [5.41, 5.74) is 7.67. The van der Waals surface area contributed by atoms with Crippen molar-refractivity contribution in [3.63, 3.8) is 0 Å². The van der Waals surface area contributed by atoms with E-state index in [1.165, 1.54) is 6.07 Å². The van der Waals surface area contributed by atoms with Crippen molar-refractivity contribution < 1.29 is 9.66 Å². The number of rotatable bonds is 5. The van der Waals surface area contributed by atoms with Crippen molar-refractivity contribution in [3.8, 4) is 11.5 Å². The van der Waals surface area contributed by atoms with Gasteiger partial charge in [0, 0.05) is 17.7 Å². The molecule has 0 aliphatic heterocycles. The van der Waals surface area contributed by atoms with Crippen LogP contribution in [0.25, 0.3) is 0 Å². The fraction of sp³-hybridized carbons (Fsp3) is 0.250. The topological polar surface area (TPSA) is 78.4 Å². The van der Waals surface area contributed by atoms with Crippen LogP contribution in [-0.2, 0) is 0 Å². The molecule has 2 aromatic carbocycles. The summed E-state index contributed by atoms with van der Waals surface area (Å²) in [6.07, 6.45) is 0.760. The number of hydrogen-bond donors (Lipinski definition) is 1. The van der Waals surface area contributed by atoms with Crippen molar-refractivity contribution in [1.29, 1.82) is 0 Å². The summed E-state index contributed by atoms with van der Waals surface area (Å²) in [7, 11) is 0. The van der Waals surface area contributed by atoms with Gasteiger partial charge in [0.05, 0.1) is 4.92 Å². The molecule has 0 radical (unpaired) electrons. The second-order valence-corrected chi connectivity index (χ2v) is 4.88. The van der Waals surface area contributed by atoms with Gasteiger partial charge in [0.1, 0.15) is 5.75 Å². The molecule has 0 spiro atoms. The molecule has 0 aliphatic rings. The zero-order valence-electron chi connectivity index (χ0n) is 12.1. The highest BCUT2D eigenvalue weighted by Crippen LogP contribution is 2.35. The average Bonchev–Trinajstić information content (AvgIpc) is 2.48. The second kappa shape index (κ2) is 6.37. The Labute approximate surface area is 123 Å². The van der Waals surface area contributed by atoms with Gasteiger partial charge in [-0.25, -0.2) is 0 Å². The highest BCUT2D eigenvalue weighted by Gasteiger charge is 2.18. The number of ether oxygens (including phenoxy) is 1. The molecule has 0 aromatic heterocycles. The van der Waals surface area contributed by atoms with Crippen molar-refractivity contribution in [1.82, 2.24) is 0 Å². The van der Waals surface area contributed by atoms with Crippen LogP contribution in [-0.4, -0.2) is 4.92 Å². The lowest BCUT2D eigenvalue weighted by molar-refractivity contribution is -0.385. The van der Waals surface area contributed by atoms with Gasteiger partial charge >= 0.3 is 5.69 Å². The van der Waals surface area contributed by atoms with Gasteiger partial charge in [0.15, 0.2) is 0 Å². The summed E-state index contributed by atoms with van der Waals surface area (Å²) in [5.74, 6) is 0.778. The molecule has 5 heteroatoms. The first-order valence-electron chi connectivity index (χ1n) is 6.80. The fourth-order valence-corrected chi connectivity index (χ4v) is 2.07. The van der Waals surface area contributed by atoms with Crippen LogP contribution in [0.15, 0.2) is 42.5 Å². The SMILES string of the molecule is CCC(N)c1ccccc1Oc1ccc(C)cc1[N+](=O)[O-]. The van der Waals surface area contributed by atoms with Crippen LogP contribution in [0, 0.1) is 17.0 Å². The molecule has 2 rings (SSSR count). The van der Waals surface area contributed by atoms with Gasteiger partial charge < -0.3 is 10.5 Å². The molecule has 1 atom stereocenters. The molecule has 0 fully saturated rings. The van der Waals surface area contributed by atoms with Gasteiger partial charge in [0.2, 0.25) is 5.75 Å². The largest absolute Gasteiger partial charge is 0.450 e. The van der Waals surface area contributed by atoms with Crippen LogP contribution < -0.4 is 10.5 Å². The molecule has 0 saturated heterocycles. The molecular formula is C16H18N2O3. The predicted octanol–water partition coefficient (Wildman–Crippen LogP) is 4.11. The van der Waals surface area contributed by atoms with E-state index in [1.807, 2.05) is 25.1 Å². The summed E-state index contributed by atoms with van der Waals surface area (Å²) < 4.78 is 5.76. The number of aryl methyl sites for hydroxylation is 1. The first-order valence-corrected chi connectivity index (χ1v) is 6.80. The van der Waals surface area contributed by atoms with Gasteiger partial charge in [-0.15, -0.1) is 0 Å². The minimum Gasteiger partial charge on any atom is -0.450 e. The number of hydrogen-bond acceptors (Lipinski definition) is 4. The molecule has 1 unspecified atom stereocenters. The monoisotopic (exact) mass is 286 g/mol. The minimum atomic E-state index is -0.440. The number of nitrogens with two attached hydrogens (primary N) is 1. The molecule has 0 saturated carbocycles. The second-order valence-electron chi connectivity index (χ2n) is 4.88. The van der Waals surface area contributed by atoms with E-state index in [9.17, 15) is 10.1 Å². The first kappa shape index (κ1) is 15.0. The van der Waals surface area contributed by atoms with E-state index in [4.69, 9.17) is 10.5 Å². The number of nitrogens with zero attached hydrogens (tertiary/aromatic N) is 1. The fourth-order valence-electron chi connectivity index (χ4n) is 2.07. The van der Waals surface area contributed by atoms with Gasteiger partial charge in [-0.05, 0) is 31.0 Å². The third kappa shape index (κ3) is 3.38. The third-order valence-electron chi connectivity index (χ3n) is 3.29. The molecule has 0 aliphatic carbocycles. The van der Waals surface area contributed by atoms with Gasteiger partial charge in [-0.1, -0.05) is 31.2 Å². The maximum Gasteiger partial charge on any atom is 0.311 e. The number of nitro groups is 1. The Bertz CT molecular complexity index is 656. The number of para-hydroxylation sites is 1. The maximum absolute atomic E-state index is 11.1. The first-order chi connectivity index (χ1) is 10.0. The van der Waals surface area contributed by atoms with E-state index in [1.54, 1.807) is 25.1 Å². The van der Waals surface area contributed by atoms with Crippen LogP contribution in [0.4, 0.5) is 5.69 Å². The van der Waals surface area contributed by atoms with E-state index >= 15 is 0 Å². The maximum atomic E-state index is 11.1. The zero-order valence-corrected chi connectivity index (χ0v) is 12.1. The third-order valence-corrected chi connectivity index (χ3v) is 3.29. The van der Waals surface area contributed by atoms with E-state index in [2.05, 4.69) is 0 Å². The summed E-state index contributed by atoms with van der Waals surface area (Å²) in [5, 5.41) is 11.1. The van der Waals surface area contributed by atoms with Crippen molar-refractivity contribution in [2.75, 3.05) is 0 Å². The van der Waals surface area contributed by atoms with Gasteiger partial charge in [-0.2, -0.15) is 0 Å². The summed E-state index contributed by atoms with van der Waals surface area (Å²) in [6, 6.07) is 12.1. The number of nitro benzene ring substituents is 1. The van der Waals surface area contributed by atoms with Crippen molar-refractivity contribution in [2.45, 2.75) is 26.3 Å². The van der Waals surface area contributed by atoms with E-state index in [0.717, 1.165) is 17.5 Å². The predicted molar refractivity (Wildman–Crippen MR) is 81.6 cm³/mol. The Balaban J connectivity index is 2.41. The molecule has 21 heavy (non-hydrogen) atoms. The Kier molecular flexibility index (Phi) is 4.55. The Morgan fingerprint density at radius 1 is 1.24 bits per heavy atom. The van der Waals surface area contributed by atoms with E-state index in [-0.39, 0.29) is 17.5 Å². The molecule has 0 heterocycles. The quantitative estimate of drug-likeness (QED) is 0.662. The van der Waals surface area contributed by atoms with Crippen molar-refractivity contribution in [2.24, 2.45) is 5.73 Å². The van der Waals surface area contributed by atoms with Gasteiger partial charge in [0.25, 0.3) is 0 Å². The van der Waals surface area contributed by atoms with Crippen LogP contribution in [0.1, 0.15) is 30.5 Å².